The van der Waals surface area contributed by atoms with Gasteiger partial charge in [0.05, 0.1) is 11.8 Å². The van der Waals surface area contributed by atoms with Gasteiger partial charge in [0.2, 0.25) is 5.91 Å². The molecule has 0 aromatic carbocycles. The van der Waals surface area contributed by atoms with Gasteiger partial charge in [-0.25, -0.2) is 5.43 Å². The van der Waals surface area contributed by atoms with E-state index in [1.54, 1.807) is 22.9 Å². The molecule has 1 amide bonds. The highest BCUT2D eigenvalue weighted by atomic mass is 32.2. The topological polar surface area (TPSA) is 78.6 Å². The van der Waals surface area contributed by atoms with E-state index in [9.17, 15) is 9.90 Å². The Labute approximate surface area is 92.0 Å². The molecule has 0 radical (unpaired) electrons. The van der Waals surface area contributed by atoms with E-state index >= 15 is 0 Å². The molecule has 2 aliphatic heterocycles. The van der Waals surface area contributed by atoms with E-state index in [4.69, 9.17) is 5.84 Å². The van der Waals surface area contributed by atoms with Gasteiger partial charge in [0, 0.05) is 17.5 Å². The van der Waals surface area contributed by atoms with E-state index in [1.807, 2.05) is 0 Å². The van der Waals surface area contributed by atoms with E-state index in [2.05, 4.69) is 12.0 Å². The molecule has 2 rings (SSSR count). The zero-order chi connectivity index (χ0) is 11.1. The predicted octanol–water partition coefficient (Wildman–Crippen LogP) is -0.487. The summed E-state index contributed by atoms with van der Waals surface area (Å²) in [6, 6.07) is 0. The smallest absolute Gasteiger partial charge is 0.230 e. The van der Waals surface area contributed by atoms with Crippen molar-refractivity contribution in [2.75, 3.05) is 5.75 Å². The first-order chi connectivity index (χ1) is 7.10. The fraction of sp³-hybridized carbons (Fsp3) is 0.444. The summed E-state index contributed by atoms with van der Waals surface area (Å²) >= 11 is 1.62. The van der Waals surface area contributed by atoms with Crippen LogP contribution >= 0.6 is 11.8 Å². The minimum atomic E-state index is -1.42. The molecule has 0 saturated carbocycles. The van der Waals surface area contributed by atoms with Crippen LogP contribution in [0.3, 0.4) is 0 Å². The van der Waals surface area contributed by atoms with E-state index in [0.717, 1.165) is 0 Å². The number of hydrogen-bond donors (Lipinski definition) is 3. The summed E-state index contributed by atoms with van der Waals surface area (Å²) in [4.78, 5) is 12.8. The van der Waals surface area contributed by atoms with Crippen molar-refractivity contribution in [2.45, 2.75) is 17.5 Å². The van der Waals surface area contributed by atoms with Gasteiger partial charge in [0.15, 0.2) is 5.72 Å². The van der Waals surface area contributed by atoms with Crippen molar-refractivity contribution >= 4 is 17.7 Å². The minimum Gasteiger partial charge on any atom is -0.367 e. The molecular formula is C9H13N3O2S. The SMILES string of the molecule is C=CC(O)(NN)C1=CN2C(=O)C[C@@H]2SC1. The number of thioether (sulfide) groups is 1. The Hall–Kier alpha value is -0.820. The van der Waals surface area contributed by atoms with Gasteiger partial charge in [-0.3, -0.25) is 10.6 Å². The van der Waals surface area contributed by atoms with Crippen molar-refractivity contribution in [1.29, 1.82) is 0 Å². The third-order valence-corrected chi connectivity index (χ3v) is 3.93. The minimum absolute atomic E-state index is 0.0770. The van der Waals surface area contributed by atoms with E-state index in [1.165, 1.54) is 6.08 Å². The quantitative estimate of drug-likeness (QED) is 0.199. The second-order valence-electron chi connectivity index (χ2n) is 3.54. The highest BCUT2D eigenvalue weighted by molar-refractivity contribution is 8.00. The molecule has 2 aliphatic rings. The lowest BCUT2D eigenvalue weighted by Crippen LogP contribution is -2.55. The molecule has 0 bridgehead atoms. The standard InChI is InChI=1S/C9H13N3O2S/c1-2-9(14,11-10)6-4-12-7(13)3-8(12)15-5-6/h2,4,8,11,14H,1,3,5,10H2/t8-,9?/m0/s1. The molecule has 6 heteroatoms. The summed E-state index contributed by atoms with van der Waals surface area (Å²) in [6.45, 7) is 3.51. The van der Waals surface area contributed by atoms with Crippen LogP contribution < -0.4 is 11.3 Å². The Bertz CT molecular complexity index is 344. The van der Waals surface area contributed by atoms with Crippen molar-refractivity contribution in [1.82, 2.24) is 10.3 Å². The molecule has 5 nitrogen and oxygen atoms in total. The zero-order valence-corrected chi connectivity index (χ0v) is 8.96. The number of amides is 1. The highest BCUT2D eigenvalue weighted by Crippen LogP contribution is 2.37. The van der Waals surface area contributed by atoms with Crippen LogP contribution in [0, 0.1) is 0 Å². The van der Waals surface area contributed by atoms with Crippen LogP contribution in [0.5, 0.6) is 0 Å². The maximum atomic E-state index is 11.2. The number of nitrogens with two attached hydrogens (primary N) is 1. The predicted molar refractivity (Wildman–Crippen MR) is 58.3 cm³/mol. The fourth-order valence-corrected chi connectivity index (χ4v) is 2.84. The van der Waals surface area contributed by atoms with Gasteiger partial charge in [-0.05, 0) is 6.08 Å². The lowest BCUT2D eigenvalue weighted by molar-refractivity contribution is -0.137. The van der Waals surface area contributed by atoms with Crippen LogP contribution in [0.4, 0.5) is 0 Å². The number of rotatable bonds is 3. The normalized spacial score (nSPS) is 28.7. The first kappa shape index (κ1) is 10.7. The van der Waals surface area contributed by atoms with Gasteiger partial charge in [0.25, 0.3) is 0 Å². The Morgan fingerprint density at radius 3 is 3.13 bits per heavy atom. The summed E-state index contributed by atoms with van der Waals surface area (Å²) in [6.07, 6.45) is 3.57. The number of β-lactam (4-membered cyclic amide) rings is 1. The molecule has 1 unspecified atom stereocenters. The second-order valence-corrected chi connectivity index (χ2v) is 4.71. The Morgan fingerprint density at radius 2 is 2.60 bits per heavy atom. The summed E-state index contributed by atoms with van der Waals surface area (Å²) in [5.74, 6) is 5.97. The Morgan fingerprint density at radius 1 is 1.87 bits per heavy atom. The van der Waals surface area contributed by atoms with Crippen molar-refractivity contribution in [2.24, 2.45) is 5.84 Å². The summed E-state index contributed by atoms with van der Waals surface area (Å²) in [5, 5.41) is 10.2. The summed E-state index contributed by atoms with van der Waals surface area (Å²) in [5.41, 5.74) is 1.51. The van der Waals surface area contributed by atoms with Crippen molar-refractivity contribution in [3.8, 4) is 0 Å². The average molecular weight is 227 g/mol. The molecule has 2 atom stereocenters. The molecule has 2 heterocycles. The van der Waals surface area contributed by atoms with Gasteiger partial charge in [-0.1, -0.05) is 6.58 Å². The second kappa shape index (κ2) is 3.64. The van der Waals surface area contributed by atoms with Gasteiger partial charge in [-0.15, -0.1) is 11.8 Å². The molecular weight excluding hydrogens is 214 g/mol. The zero-order valence-electron chi connectivity index (χ0n) is 8.14. The van der Waals surface area contributed by atoms with Gasteiger partial charge in [0.1, 0.15) is 0 Å². The van der Waals surface area contributed by atoms with Crippen LogP contribution in [0.1, 0.15) is 6.42 Å². The molecule has 1 fully saturated rings. The fourth-order valence-electron chi connectivity index (χ4n) is 1.58. The molecule has 82 valence electrons. The van der Waals surface area contributed by atoms with E-state index < -0.39 is 5.72 Å². The average Bonchev–Trinajstić information content (AvgIpc) is 2.26. The number of carbonyl (C=O) groups excluding carboxylic acids is 1. The molecule has 0 aromatic heterocycles. The van der Waals surface area contributed by atoms with Gasteiger partial charge in [-0.2, -0.15) is 0 Å². The van der Waals surface area contributed by atoms with Crippen molar-refractivity contribution in [3.05, 3.63) is 24.4 Å². The van der Waals surface area contributed by atoms with E-state index in [0.29, 0.717) is 17.7 Å². The Balaban J connectivity index is 2.23. The lowest BCUT2D eigenvalue weighted by atomic mass is 10.0. The van der Waals surface area contributed by atoms with Crippen LogP contribution in [0.2, 0.25) is 0 Å². The summed E-state index contributed by atoms with van der Waals surface area (Å²) in [7, 11) is 0. The number of nitrogens with zero attached hydrogens (tertiary/aromatic N) is 1. The molecule has 15 heavy (non-hydrogen) atoms. The summed E-state index contributed by atoms with van der Waals surface area (Å²) < 4.78 is 0. The van der Waals surface area contributed by atoms with Crippen LogP contribution in [0.15, 0.2) is 24.4 Å². The molecule has 1 saturated heterocycles. The first-order valence-corrected chi connectivity index (χ1v) is 5.63. The van der Waals surface area contributed by atoms with E-state index in [-0.39, 0.29) is 11.3 Å². The third-order valence-electron chi connectivity index (χ3n) is 2.68. The third kappa shape index (κ3) is 1.59. The van der Waals surface area contributed by atoms with Crippen LogP contribution in [0.25, 0.3) is 0 Å². The Kier molecular flexibility index (Phi) is 2.59. The van der Waals surface area contributed by atoms with Crippen LogP contribution in [-0.2, 0) is 4.79 Å². The van der Waals surface area contributed by atoms with Gasteiger partial charge >= 0.3 is 0 Å². The lowest BCUT2D eigenvalue weighted by Gasteiger charge is -2.43. The molecule has 0 spiro atoms. The largest absolute Gasteiger partial charge is 0.367 e. The highest BCUT2D eigenvalue weighted by Gasteiger charge is 2.41. The number of fused-ring (bicyclic) bond motifs is 1. The molecule has 0 aromatic rings. The van der Waals surface area contributed by atoms with Crippen molar-refractivity contribution in [3.63, 3.8) is 0 Å². The van der Waals surface area contributed by atoms with Crippen LogP contribution in [-0.4, -0.2) is 32.8 Å². The number of hydrazine groups is 1. The van der Waals surface area contributed by atoms with Gasteiger partial charge < -0.3 is 10.0 Å². The number of carbonyl (C=O) groups is 1. The maximum Gasteiger partial charge on any atom is 0.230 e. The number of hydrogen-bond acceptors (Lipinski definition) is 5. The molecule has 4 N–H and O–H groups in total. The maximum absolute atomic E-state index is 11.2. The number of aliphatic hydroxyl groups is 1. The first-order valence-electron chi connectivity index (χ1n) is 4.58. The monoisotopic (exact) mass is 227 g/mol. The van der Waals surface area contributed by atoms with Crippen molar-refractivity contribution < 1.29 is 9.90 Å². The number of nitrogens with one attached hydrogen (secondary N) is 1. The molecule has 0 aliphatic carbocycles.